The van der Waals surface area contributed by atoms with Crippen molar-refractivity contribution in [3.8, 4) is 17.3 Å². The Hall–Kier alpha value is -3.35. The molecule has 4 aromatic rings. The largest absolute Gasteiger partial charge is 0.494 e. The lowest BCUT2D eigenvalue weighted by atomic mass is 9.88. The Labute approximate surface area is 217 Å². The first-order valence-electron chi connectivity index (χ1n) is 14.0. The number of likely N-dealkylation sites (tertiary alicyclic amines) is 1. The number of piperidine rings is 1. The normalized spacial score (nSPS) is 21.6. The Morgan fingerprint density at radius 3 is 2.76 bits per heavy atom. The summed E-state index contributed by atoms with van der Waals surface area (Å²) in [5, 5.41) is 1.13. The Morgan fingerprint density at radius 2 is 1.95 bits per heavy atom. The molecular formula is C30H35N5O2. The molecule has 0 spiro atoms. The average molecular weight is 498 g/mol. The number of methoxy groups -OCH3 is 1. The van der Waals surface area contributed by atoms with Crippen LogP contribution in [-0.2, 0) is 13.1 Å². The topological polar surface area (TPSA) is 65.2 Å². The van der Waals surface area contributed by atoms with Gasteiger partial charge in [-0.2, -0.15) is 0 Å². The van der Waals surface area contributed by atoms with Gasteiger partial charge in [0.1, 0.15) is 16.9 Å². The smallest absolute Gasteiger partial charge is 0.254 e. The number of carbonyl (C=O) groups is 1. The summed E-state index contributed by atoms with van der Waals surface area (Å²) in [4.78, 5) is 25.6. The summed E-state index contributed by atoms with van der Waals surface area (Å²) in [6.45, 7) is 5.58. The fourth-order valence-electron chi connectivity index (χ4n) is 6.83. The van der Waals surface area contributed by atoms with Crippen LogP contribution in [0.3, 0.4) is 0 Å². The Kier molecular flexibility index (Phi) is 5.48. The van der Waals surface area contributed by atoms with Crippen LogP contribution in [0.25, 0.3) is 33.6 Å². The first kappa shape index (κ1) is 22.8. The van der Waals surface area contributed by atoms with Gasteiger partial charge in [0.25, 0.3) is 5.91 Å². The number of aromatic nitrogens is 4. The minimum absolute atomic E-state index is 0.102. The summed E-state index contributed by atoms with van der Waals surface area (Å²) in [6.07, 6.45) is 9.43. The van der Waals surface area contributed by atoms with Crippen LogP contribution in [0.1, 0.15) is 55.8 Å². The van der Waals surface area contributed by atoms with Gasteiger partial charge in [0, 0.05) is 43.3 Å². The first-order chi connectivity index (χ1) is 18.1. The molecule has 3 fully saturated rings. The van der Waals surface area contributed by atoms with Gasteiger partial charge in [-0.15, -0.1) is 0 Å². The molecule has 0 unspecified atom stereocenters. The number of aryl methyl sites for hydroxylation is 1. The highest BCUT2D eigenvalue weighted by Crippen LogP contribution is 2.40. The molecule has 0 bridgehead atoms. The molecule has 192 valence electrons. The van der Waals surface area contributed by atoms with Crippen molar-refractivity contribution >= 4 is 28.0 Å². The maximum Gasteiger partial charge on any atom is 0.254 e. The maximum absolute atomic E-state index is 13.7. The zero-order valence-corrected chi connectivity index (χ0v) is 21.8. The van der Waals surface area contributed by atoms with E-state index in [2.05, 4.69) is 33.1 Å². The molecular weight excluding hydrogens is 462 g/mol. The lowest BCUT2D eigenvalue weighted by molar-refractivity contribution is 0.0627. The zero-order valence-electron chi connectivity index (χ0n) is 21.8. The molecule has 1 saturated heterocycles. The third-order valence-electron chi connectivity index (χ3n) is 8.94. The van der Waals surface area contributed by atoms with Gasteiger partial charge in [0.05, 0.1) is 18.3 Å². The lowest BCUT2D eigenvalue weighted by Gasteiger charge is -2.35. The van der Waals surface area contributed by atoms with Crippen LogP contribution >= 0.6 is 0 Å². The Balaban J connectivity index is 1.33. The maximum atomic E-state index is 13.7. The molecule has 2 saturated carbocycles. The highest BCUT2D eigenvalue weighted by molar-refractivity contribution is 6.00. The van der Waals surface area contributed by atoms with E-state index in [0.717, 1.165) is 72.1 Å². The summed E-state index contributed by atoms with van der Waals surface area (Å²) < 4.78 is 10.4. The first-order valence-corrected chi connectivity index (χ1v) is 14.0. The molecule has 3 aromatic heterocycles. The van der Waals surface area contributed by atoms with E-state index in [1.807, 2.05) is 24.4 Å². The summed E-state index contributed by atoms with van der Waals surface area (Å²) in [6, 6.07) is 10.2. The summed E-state index contributed by atoms with van der Waals surface area (Å²) in [5.74, 6) is 3.90. The molecule has 1 aliphatic heterocycles. The number of imidazole rings is 1. The molecule has 0 radical (unpaired) electrons. The van der Waals surface area contributed by atoms with Gasteiger partial charge in [-0.05, 0) is 80.7 Å². The van der Waals surface area contributed by atoms with E-state index >= 15 is 0 Å². The van der Waals surface area contributed by atoms with Crippen LogP contribution in [0.4, 0.5) is 0 Å². The van der Waals surface area contributed by atoms with E-state index in [4.69, 9.17) is 14.7 Å². The Bertz CT molecular complexity index is 1500. The van der Waals surface area contributed by atoms with Crippen LogP contribution in [0, 0.1) is 17.8 Å². The number of ether oxygens (including phenoxy) is 1. The second kappa shape index (κ2) is 8.89. The van der Waals surface area contributed by atoms with Crippen molar-refractivity contribution in [2.45, 2.75) is 58.5 Å². The van der Waals surface area contributed by atoms with Crippen molar-refractivity contribution in [3.05, 3.63) is 42.1 Å². The third-order valence-corrected chi connectivity index (χ3v) is 8.94. The molecule has 3 aliphatic rings. The predicted octanol–water partition coefficient (Wildman–Crippen LogP) is 5.75. The number of rotatable bonds is 6. The fourth-order valence-corrected chi connectivity index (χ4v) is 6.83. The molecule has 0 N–H and O–H groups in total. The molecule has 37 heavy (non-hydrogen) atoms. The number of pyridine rings is 1. The number of amides is 1. The summed E-state index contributed by atoms with van der Waals surface area (Å²) in [5.41, 5.74) is 4.52. The number of benzene rings is 1. The lowest BCUT2D eigenvalue weighted by Crippen LogP contribution is -2.42. The van der Waals surface area contributed by atoms with Crippen molar-refractivity contribution in [3.63, 3.8) is 0 Å². The Morgan fingerprint density at radius 1 is 1.08 bits per heavy atom. The fraction of sp³-hybridized carbons (Fsp3) is 0.500. The van der Waals surface area contributed by atoms with Gasteiger partial charge in [-0.3, -0.25) is 4.79 Å². The van der Waals surface area contributed by atoms with Crippen molar-refractivity contribution in [2.24, 2.45) is 17.8 Å². The molecule has 7 nitrogen and oxygen atoms in total. The predicted molar refractivity (Wildman–Crippen MR) is 145 cm³/mol. The monoisotopic (exact) mass is 497 g/mol. The van der Waals surface area contributed by atoms with Crippen LogP contribution in [0.5, 0.6) is 5.75 Å². The van der Waals surface area contributed by atoms with Crippen molar-refractivity contribution in [2.75, 3.05) is 20.2 Å². The van der Waals surface area contributed by atoms with E-state index in [0.29, 0.717) is 23.1 Å². The van der Waals surface area contributed by atoms with Crippen LogP contribution in [-0.4, -0.2) is 50.1 Å². The van der Waals surface area contributed by atoms with Gasteiger partial charge in [-0.25, -0.2) is 9.97 Å². The van der Waals surface area contributed by atoms with Gasteiger partial charge in [0.2, 0.25) is 0 Å². The summed E-state index contributed by atoms with van der Waals surface area (Å²) in [7, 11) is 1.69. The second-order valence-corrected chi connectivity index (χ2v) is 11.2. The second-order valence-electron chi connectivity index (χ2n) is 11.2. The number of hydrogen-bond donors (Lipinski definition) is 0. The number of nitrogens with zero attached hydrogens (tertiary/aromatic N) is 5. The van der Waals surface area contributed by atoms with E-state index in [-0.39, 0.29) is 5.91 Å². The molecule has 2 atom stereocenters. The van der Waals surface area contributed by atoms with Gasteiger partial charge in [0.15, 0.2) is 5.82 Å². The minimum atomic E-state index is 0.102. The zero-order chi connectivity index (χ0) is 25.1. The van der Waals surface area contributed by atoms with Crippen LogP contribution in [0.15, 0.2) is 36.5 Å². The van der Waals surface area contributed by atoms with Crippen LogP contribution in [0.2, 0.25) is 0 Å². The van der Waals surface area contributed by atoms with E-state index in [1.165, 1.54) is 32.1 Å². The average Bonchev–Trinajstić information content (AvgIpc) is 3.33. The van der Waals surface area contributed by atoms with E-state index in [1.54, 1.807) is 7.11 Å². The number of carbonyl (C=O) groups excluding carboxylic acids is 1. The van der Waals surface area contributed by atoms with Crippen molar-refractivity contribution < 1.29 is 9.53 Å². The van der Waals surface area contributed by atoms with Crippen molar-refractivity contribution in [1.29, 1.82) is 0 Å². The van der Waals surface area contributed by atoms with Gasteiger partial charge < -0.3 is 18.8 Å². The van der Waals surface area contributed by atoms with Gasteiger partial charge >= 0.3 is 0 Å². The molecule has 1 amide bonds. The van der Waals surface area contributed by atoms with E-state index in [9.17, 15) is 4.79 Å². The third kappa shape index (κ3) is 3.82. The number of fused-ring (bicyclic) bond motifs is 3. The molecule has 1 aromatic carbocycles. The molecule has 2 aliphatic carbocycles. The minimum Gasteiger partial charge on any atom is -0.494 e. The van der Waals surface area contributed by atoms with Crippen molar-refractivity contribution in [1.82, 2.24) is 24.0 Å². The number of hydrogen-bond acceptors (Lipinski definition) is 4. The molecule has 7 heteroatoms. The standard InChI is InChI=1S/C30H35N5O2/c1-3-34-27-24(32-29(34)25-15-21-8-5-12-31-28(21)35(25)17-19-9-10-19)14-23(16-26(27)37-2)30(36)33-13-11-20-6-4-7-22(20)18-33/h5,8,12,14-16,19-20,22H,3-4,6-7,9-11,13,17-18H2,1-2H3/t20-,22+/m1/s1. The molecule has 7 rings (SSSR count). The van der Waals surface area contributed by atoms with Crippen LogP contribution < -0.4 is 4.74 Å². The molecule has 4 heterocycles. The SMILES string of the molecule is CCn1c(-c2cc3cccnc3n2CC2CC2)nc2cc(C(=O)N3CC[C@H]4CCC[C@H]4C3)cc(OC)c21. The van der Waals surface area contributed by atoms with E-state index < -0.39 is 0 Å². The quantitative estimate of drug-likeness (QED) is 0.340. The van der Waals surface area contributed by atoms with Gasteiger partial charge in [-0.1, -0.05) is 12.8 Å². The summed E-state index contributed by atoms with van der Waals surface area (Å²) >= 11 is 0. The highest BCUT2D eigenvalue weighted by Gasteiger charge is 2.35. The highest BCUT2D eigenvalue weighted by atomic mass is 16.5.